The maximum atomic E-state index is 12.0. The number of amides is 1. The van der Waals surface area contributed by atoms with Crippen LogP contribution in [0.15, 0.2) is 29.8 Å². The van der Waals surface area contributed by atoms with Crippen LogP contribution in [0.4, 0.5) is 10.8 Å². The number of hydrogen-bond acceptors (Lipinski definition) is 7. The van der Waals surface area contributed by atoms with E-state index in [1.54, 1.807) is 5.38 Å². The van der Waals surface area contributed by atoms with E-state index in [0.717, 1.165) is 17.4 Å². The minimum absolute atomic E-state index is 0.255. The zero-order valence-electron chi connectivity index (χ0n) is 9.73. The molecule has 20 heavy (non-hydrogen) atoms. The van der Waals surface area contributed by atoms with Crippen molar-refractivity contribution >= 4 is 34.0 Å². The van der Waals surface area contributed by atoms with Crippen LogP contribution < -0.4 is 10.4 Å². The largest absolute Gasteiger partial charge is 0.545 e. The molecule has 0 saturated heterocycles. The van der Waals surface area contributed by atoms with Gasteiger partial charge in [-0.3, -0.25) is 20.2 Å². The first kappa shape index (κ1) is 13.6. The van der Waals surface area contributed by atoms with Crippen LogP contribution in [0.25, 0.3) is 0 Å². The number of aromatic carboxylic acids is 1. The number of nitrogens with one attached hydrogen (secondary N) is 1. The number of carboxylic acids is 1. The minimum atomic E-state index is -1.79. The molecule has 0 bridgehead atoms. The maximum Gasteiger partial charge on any atom is 0.279 e. The first-order chi connectivity index (χ1) is 9.50. The van der Waals surface area contributed by atoms with Crippen LogP contribution in [0.1, 0.15) is 20.7 Å². The highest BCUT2D eigenvalue weighted by Crippen LogP contribution is 2.23. The average molecular weight is 292 g/mol. The summed E-state index contributed by atoms with van der Waals surface area (Å²) >= 11 is 1.13. The number of thiazole rings is 1. The topological polar surface area (TPSA) is 125 Å². The molecule has 0 aliphatic heterocycles. The average Bonchev–Trinajstić information content (AvgIpc) is 2.90. The van der Waals surface area contributed by atoms with Crippen molar-refractivity contribution in [1.29, 1.82) is 0 Å². The van der Waals surface area contributed by atoms with Gasteiger partial charge in [-0.15, -0.1) is 11.3 Å². The Morgan fingerprint density at radius 3 is 2.65 bits per heavy atom. The zero-order valence-corrected chi connectivity index (χ0v) is 10.5. The molecule has 0 aliphatic rings. The van der Waals surface area contributed by atoms with Gasteiger partial charge in [0.2, 0.25) is 0 Å². The Balaban J connectivity index is 2.45. The lowest BCUT2D eigenvalue weighted by Gasteiger charge is -2.09. The maximum absolute atomic E-state index is 12.0. The molecule has 1 heterocycles. The lowest BCUT2D eigenvalue weighted by Crippen LogP contribution is -2.27. The molecule has 0 aliphatic carbocycles. The van der Waals surface area contributed by atoms with Crippen LogP contribution in [-0.2, 0) is 0 Å². The number of anilines is 1. The van der Waals surface area contributed by atoms with Crippen LogP contribution >= 0.6 is 11.3 Å². The van der Waals surface area contributed by atoms with Gasteiger partial charge in [0.15, 0.2) is 5.13 Å². The second kappa shape index (κ2) is 5.45. The Bertz CT molecular complexity index is 683. The number of nitrogens with zero attached hydrogens (tertiary/aromatic N) is 2. The highest BCUT2D eigenvalue weighted by Gasteiger charge is 2.22. The van der Waals surface area contributed by atoms with E-state index < -0.39 is 28.1 Å². The van der Waals surface area contributed by atoms with Crippen molar-refractivity contribution in [2.75, 3.05) is 5.32 Å². The Labute approximate surface area is 115 Å². The van der Waals surface area contributed by atoms with E-state index >= 15 is 0 Å². The minimum Gasteiger partial charge on any atom is -0.545 e. The van der Waals surface area contributed by atoms with Gasteiger partial charge in [0.25, 0.3) is 11.6 Å². The van der Waals surface area contributed by atoms with E-state index in [4.69, 9.17) is 0 Å². The summed E-state index contributed by atoms with van der Waals surface area (Å²) in [6, 6.07) is 3.38. The number of hydrogen-bond donors (Lipinski definition) is 1. The van der Waals surface area contributed by atoms with Crippen LogP contribution in [0.3, 0.4) is 0 Å². The molecule has 2 aromatic rings. The zero-order chi connectivity index (χ0) is 14.7. The Morgan fingerprint density at radius 2 is 2.10 bits per heavy atom. The molecule has 102 valence electrons. The van der Waals surface area contributed by atoms with Crippen LogP contribution in [0.2, 0.25) is 0 Å². The Hall–Kier alpha value is -2.81. The second-order valence-corrected chi connectivity index (χ2v) is 4.43. The molecule has 0 atom stereocenters. The van der Waals surface area contributed by atoms with E-state index in [-0.39, 0.29) is 10.7 Å². The highest BCUT2D eigenvalue weighted by molar-refractivity contribution is 7.13. The highest BCUT2D eigenvalue weighted by atomic mass is 32.1. The van der Waals surface area contributed by atoms with Gasteiger partial charge >= 0.3 is 0 Å². The third-order valence-electron chi connectivity index (χ3n) is 2.34. The van der Waals surface area contributed by atoms with Gasteiger partial charge in [-0.25, -0.2) is 4.98 Å². The van der Waals surface area contributed by atoms with E-state index in [0.29, 0.717) is 0 Å². The third-order valence-corrected chi connectivity index (χ3v) is 3.03. The SMILES string of the molecule is O=C(Nc1nccs1)c1cccc([N+](=O)[O-])c1C(=O)[O-]. The quantitative estimate of drug-likeness (QED) is 0.652. The molecule has 1 aromatic carbocycles. The normalized spacial score (nSPS) is 10.0. The molecular weight excluding hydrogens is 286 g/mol. The van der Waals surface area contributed by atoms with Gasteiger partial charge in [-0.05, 0) is 6.07 Å². The fourth-order valence-corrected chi connectivity index (χ4v) is 2.07. The molecule has 0 radical (unpaired) electrons. The number of benzene rings is 1. The lowest BCUT2D eigenvalue weighted by atomic mass is 10.0. The standard InChI is InChI=1S/C11H7N3O5S/c15-9(13-11-12-4-5-20-11)6-2-1-3-7(14(18)19)8(6)10(16)17/h1-5H,(H,16,17)(H,12,13,15)/p-1. The van der Waals surface area contributed by atoms with Crippen LogP contribution in [0.5, 0.6) is 0 Å². The number of carbonyl (C=O) groups excluding carboxylic acids is 2. The summed E-state index contributed by atoms with van der Waals surface area (Å²) in [5.74, 6) is -2.59. The molecule has 2 rings (SSSR count). The smallest absolute Gasteiger partial charge is 0.279 e. The summed E-state index contributed by atoms with van der Waals surface area (Å²) in [7, 11) is 0. The van der Waals surface area contributed by atoms with Crippen molar-refractivity contribution < 1.29 is 19.6 Å². The van der Waals surface area contributed by atoms with Crippen LogP contribution in [-0.4, -0.2) is 21.8 Å². The van der Waals surface area contributed by atoms with Crippen molar-refractivity contribution in [2.45, 2.75) is 0 Å². The molecule has 0 spiro atoms. The summed E-state index contributed by atoms with van der Waals surface area (Å²) in [6.45, 7) is 0. The number of carboxylic acid groups (broad SMARTS) is 1. The number of nitro groups is 1. The lowest BCUT2D eigenvalue weighted by molar-refractivity contribution is -0.385. The molecule has 0 saturated carbocycles. The second-order valence-electron chi connectivity index (χ2n) is 3.54. The third kappa shape index (κ3) is 2.62. The van der Waals surface area contributed by atoms with Crippen molar-refractivity contribution in [3.8, 4) is 0 Å². The van der Waals surface area contributed by atoms with Gasteiger partial charge in [0, 0.05) is 17.6 Å². The summed E-state index contributed by atoms with van der Waals surface area (Å²) in [5.41, 5.74) is -1.81. The van der Waals surface area contributed by atoms with Gasteiger partial charge in [-0.2, -0.15) is 0 Å². The van der Waals surface area contributed by atoms with Gasteiger partial charge in [0.1, 0.15) is 0 Å². The fraction of sp³-hybridized carbons (Fsp3) is 0. The molecular formula is C11H6N3O5S-. The summed E-state index contributed by atoms with van der Waals surface area (Å²) in [5, 5.41) is 26.1. The molecule has 1 aromatic heterocycles. The molecule has 0 unspecified atom stereocenters. The fourth-order valence-electron chi connectivity index (χ4n) is 1.55. The van der Waals surface area contributed by atoms with E-state index in [1.165, 1.54) is 18.3 Å². The predicted molar refractivity (Wildman–Crippen MR) is 67.5 cm³/mol. The first-order valence-corrected chi connectivity index (χ1v) is 6.08. The van der Waals surface area contributed by atoms with E-state index in [2.05, 4.69) is 10.3 Å². The van der Waals surface area contributed by atoms with Crippen molar-refractivity contribution in [2.24, 2.45) is 0 Å². The van der Waals surface area contributed by atoms with E-state index in [1.807, 2.05) is 0 Å². The van der Waals surface area contributed by atoms with Gasteiger partial charge < -0.3 is 9.90 Å². The first-order valence-electron chi connectivity index (χ1n) is 5.20. The number of nitro benzene ring substituents is 1. The van der Waals surface area contributed by atoms with Gasteiger partial charge in [-0.1, -0.05) is 6.07 Å². The molecule has 8 nitrogen and oxygen atoms in total. The predicted octanol–water partition coefficient (Wildman–Crippen LogP) is 0.667. The Morgan fingerprint density at radius 1 is 1.35 bits per heavy atom. The van der Waals surface area contributed by atoms with Gasteiger partial charge in [0.05, 0.1) is 22.0 Å². The Kier molecular flexibility index (Phi) is 3.71. The summed E-state index contributed by atoms with van der Waals surface area (Å²) < 4.78 is 0. The molecule has 0 fully saturated rings. The van der Waals surface area contributed by atoms with Crippen molar-refractivity contribution in [1.82, 2.24) is 4.98 Å². The summed E-state index contributed by atoms with van der Waals surface area (Å²) in [6.07, 6.45) is 1.45. The monoisotopic (exact) mass is 292 g/mol. The molecule has 1 amide bonds. The molecule has 1 N–H and O–H groups in total. The number of aromatic nitrogens is 1. The summed E-state index contributed by atoms with van der Waals surface area (Å²) in [4.78, 5) is 36.7. The van der Waals surface area contributed by atoms with Crippen LogP contribution in [0, 0.1) is 10.1 Å². The molecule has 9 heteroatoms. The number of carbonyl (C=O) groups is 2. The van der Waals surface area contributed by atoms with E-state index in [9.17, 15) is 24.8 Å². The number of rotatable bonds is 4. The van der Waals surface area contributed by atoms with Crippen molar-refractivity contribution in [3.63, 3.8) is 0 Å². The van der Waals surface area contributed by atoms with Crippen molar-refractivity contribution in [3.05, 3.63) is 51.0 Å².